The second-order valence-corrected chi connectivity index (χ2v) is 11.5. The summed E-state index contributed by atoms with van der Waals surface area (Å²) < 4.78 is 0. The van der Waals surface area contributed by atoms with Crippen LogP contribution in [0.25, 0.3) is 0 Å². The molecular formula is C34H72N6. The van der Waals surface area contributed by atoms with Crippen LogP contribution in [0.4, 0.5) is 0 Å². The molecule has 0 aromatic rings. The predicted molar refractivity (Wildman–Crippen MR) is 189 cm³/mol. The summed E-state index contributed by atoms with van der Waals surface area (Å²) in [4.78, 5) is 16.0. The van der Waals surface area contributed by atoms with E-state index in [0.717, 1.165) is 11.7 Å². The lowest BCUT2D eigenvalue weighted by Crippen LogP contribution is -2.17. The van der Waals surface area contributed by atoms with Crippen LogP contribution in [-0.4, -0.2) is 102 Å². The number of hydrogen-bond acceptors (Lipinski definition) is 4. The van der Waals surface area contributed by atoms with E-state index in [0.29, 0.717) is 0 Å². The third-order valence-corrected chi connectivity index (χ3v) is 6.79. The molecule has 0 radical (unpaired) electrons. The van der Waals surface area contributed by atoms with Crippen molar-refractivity contribution in [3.63, 3.8) is 0 Å². The number of aliphatic imine (C=N–C) groups is 2. The zero-order valence-electron chi connectivity index (χ0n) is 31.7. The van der Waals surface area contributed by atoms with Gasteiger partial charge in [-0.25, -0.2) is 0 Å². The van der Waals surface area contributed by atoms with Crippen molar-refractivity contribution in [2.45, 2.75) is 96.9 Å². The zero-order valence-corrected chi connectivity index (χ0v) is 31.7. The lowest BCUT2D eigenvalue weighted by atomic mass is 10.0. The number of amidine groups is 2. The Labute approximate surface area is 253 Å². The molecular weight excluding hydrogens is 492 g/mol. The van der Waals surface area contributed by atoms with Crippen LogP contribution in [0.5, 0.6) is 0 Å². The van der Waals surface area contributed by atoms with Gasteiger partial charge in [0.25, 0.3) is 0 Å². The predicted octanol–water partition coefficient (Wildman–Crippen LogP) is 8.62. The minimum atomic E-state index is 1.06. The molecule has 0 saturated heterocycles. The van der Waals surface area contributed by atoms with Gasteiger partial charge in [0.2, 0.25) is 0 Å². The normalized spacial score (nSPS) is 9.80. The summed E-state index contributed by atoms with van der Waals surface area (Å²) in [6, 6.07) is 0. The van der Waals surface area contributed by atoms with E-state index in [1.54, 1.807) is 14.1 Å². The molecule has 0 bridgehead atoms. The van der Waals surface area contributed by atoms with Crippen LogP contribution in [0, 0.1) is 0 Å². The molecule has 0 saturated carbocycles. The van der Waals surface area contributed by atoms with Gasteiger partial charge in [-0.3, -0.25) is 9.98 Å². The Kier molecular flexibility index (Phi) is 31.6. The Morgan fingerprint density at radius 2 is 0.525 bits per heavy atom. The highest BCUT2D eigenvalue weighted by Crippen LogP contribution is 2.16. The van der Waals surface area contributed by atoms with Crippen LogP contribution < -0.4 is 0 Å². The molecule has 0 aliphatic rings. The molecule has 0 atom stereocenters. The quantitative estimate of drug-likeness (QED) is 0.195. The fraction of sp³-hybridized carbons (Fsp3) is 0.706. The SMILES string of the molecule is CC(C)=C(C)C(C)=C(C)C.CC(C)=C(C)N(C)C.CC(C)=C(C)N(C)C.CN=C(C)N(C)C.CN=C(C)N(C)C. The molecule has 0 fully saturated rings. The molecule has 0 aromatic heterocycles. The average molecular weight is 565 g/mol. The first-order chi connectivity index (χ1) is 17.9. The minimum Gasteiger partial charge on any atom is -0.381 e. The summed E-state index contributed by atoms with van der Waals surface area (Å²) in [6.45, 7) is 29.6. The third-order valence-electron chi connectivity index (χ3n) is 6.79. The Bertz CT molecular complexity index is 773. The van der Waals surface area contributed by atoms with Gasteiger partial charge in [-0.1, -0.05) is 22.3 Å². The first kappa shape index (κ1) is 47.3. The van der Waals surface area contributed by atoms with Gasteiger partial charge < -0.3 is 19.6 Å². The van der Waals surface area contributed by atoms with Crippen molar-refractivity contribution in [2.75, 3.05) is 70.5 Å². The van der Waals surface area contributed by atoms with Gasteiger partial charge in [-0.05, 0) is 108 Å². The van der Waals surface area contributed by atoms with Crippen LogP contribution in [0.3, 0.4) is 0 Å². The van der Waals surface area contributed by atoms with Crippen LogP contribution >= 0.6 is 0 Å². The standard InChI is InChI=1S/C10H18.2C7H15N.2C5H12N2/c1-7(2)9(5)10(6)8(3)4;2*1-6(2)7(3)8(4)5;2*1-5(6-2)7(3)4/h1-6H3;2*1-5H3;2*1-4H3. The molecule has 0 amide bonds. The highest BCUT2D eigenvalue weighted by Gasteiger charge is 1.96. The molecule has 238 valence electrons. The van der Waals surface area contributed by atoms with Gasteiger partial charge in [0, 0.05) is 81.9 Å². The van der Waals surface area contributed by atoms with Crippen molar-refractivity contribution in [3.8, 4) is 0 Å². The highest BCUT2D eigenvalue weighted by molar-refractivity contribution is 5.79. The number of allylic oxidation sites excluding steroid dienone is 8. The molecule has 0 spiro atoms. The van der Waals surface area contributed by atoms with Gasteiger partial charge in [0.15, 0.2) is 0 Å². The Balaban J connectivity index is -0.000000128. The smallest absolute Gasteiger partial charge is 0.0948 e. The number of hydrogen-bond donors (Lipinski definition) is 0. The van der Waals surface area contributed by atoms with E-state index in [-0.39, 0.29) is 0 Å². The largest absolute Gasteiger partial charge is 0.381 e. The van der Waals surface area contributed by atoms with E-state index in [9.17, 15) is 0 Å². The van der Waals surface area contributed by atoms with Crippen molar-refractivity contribution in [1.82, 2.24) is 19.6 Å². The van der Waals surface area contributed by atoms with Crippen LogP contribution in [-0.2, 0) is 0 Å². The van der Waals surface area contributed by atoms with Crippen LogP contribution in [0.1, 0.15) is 96.9 Å². The second kappa shape index (κ2) is 26.7. The maximum atomic E-state index is 3.93. The summed E-state index contributed by atoms with van der Waals surface area (Å²) >= 11 is 0. The maximum absolute atomic E-state index is 3.93. The van der Waals surface area contributed by atoms with Gasteiger partial charge in [-0.15, -0.1) is 0 Å². The molecule has 6 nitrogen and oxygen atoms in total. The molecule has 0 aromatic carbocycles. The average Bonchev–Trinajstić information content (AvgIpc) is 2.86. The number of rotatable bonds is 3. The zero-order chi connectivity index (χ0) is 33.5. The topological polar surface area (TPSA) is 37.7 Å². The van der Waals surface area contributed by atoms with E-state index < -0.39 is 0 Å². The lowest BCUT2D eigenvalue weighted by Gasteiger charge is -2.13. The monoisotopic (exact) mass is 565 g/mol. The first-order valence-electron chi connectivity index (χ1n) is 14.1. The van der Waals surface area contributed by atoms with Gasteiger partial charge >= 0.3 is 0 Å². The Hall–Kier alpha value is -2.50. The fourth-order valence-corrected chi connectivity index (χ4v) is 2.04. The molecule has 0 N–H and O–H groups in total. The number of nitrogens with zero attached hydrogens (tertiary/aromatic N) is 6. The molecule has 6 heteroatoms. The fourth-order valence-electron chi connectivity index (χ4n) is 2.04. The summed E-state index contributed by atoms with van der Waals surface area (Å²) in [5.41, 5.74) is 11.2. The maximum Gasteiger partial charge on any atom is 0.0948 e. The minimum absolute atomic E-state index is 1.06. The van der Waals surface area contributed by atoms with Crippen LogP contribution in [0.2, 0.25) is 0 Å². The van der Waals surface area contributed by atoms with Crippen molar-refractivity contribution in [1.29, 1.82) is 0 Å². The lowest BCUT2D eigenvalue weighted by molar-refractivity contribution is 0.507. The van der Waals surface area contributed by atoms with Crippen LogP contribution in [0.15, 0.2) is 54.8 Å². The van der Waals surface area contributed by atoms with Crippen molar-refractivity contribution in [3.05, 3.63) is 44.8 Å². The molecule has 0 heterocycles. The molecule has 0 aliphatic carbocycles. The van der Waals surface area contributed by atoms with Crippen molar-refractivity contribution >= 4 is 11.7 Å². The Morgan fingerprint density at radius 1 is 0.325 bits per heavy atom. The van der Waals surface area contributed by atoms with Crippen molar-refractivity contribution < 1.29 is 0 Å². The summed E-state index contributed by atoms with van der Waals surface area (Å²) in [7, 11) is 19.7. The van der Waals surface area contributed by atoms with Gasteiger partial charge in [-0.2, -0.15) is 0 Å². The van der Waals surface area contributed by atoms with E-state index in [1.165, 1.54) is 44.8 Å². The van der Waals surface area contributed by atoms with Crippen molar-refractivity contribution in [2.24, 2.45) is 9.98 Å². The molecule has 0 unspecified atom stereocenters. The molecule has 0 rings (SSSR count). The first-order valence-corrected chi connectivity index (χ1v) is 14.1. The molecule has 0 aliphatic heterocycles. The van der Waals surface area contributed by atoms with Gasteiger partial charge in [0.05, 0.1) is 11.7 Å². The van der Waals surface area contributed by atoms with E-state index in [1.807, 2.05) is 51.8 Å². The summed E-state index contributed by atoms with van der Waals surface area (Å²) in [6.07, 6.45) is 0. The van der Waals surface area contributed by atoms with E-state index in [2.05, 4.69) is 131 Å². The van der Waals surface area contributed by atoms with E-state index in [4.69, 9.17) is 0 Å². The summed E-state index contributed by atoms with van der Waals surface area (Å²) in [5, 5.41) is 0. The summed E-state index contributed by atoms with van der Waals surface area (Å²) in [5.74, 6) is 2.11. The van der Waals surface area contributed by atoms with E-state index >= 15 is 0 Å². The van der Waals surface area contributed by atoms with Gasteiger partial charge in [0.1, 0.15) is 0 Å². The third kappa shape index (κ3) is 30.0. The Morgan fingerprint density at radius 3 is 0.550 bits per heavy atom. The second-order valence-electron chi connectivity index (χ2n) is 11.5. The molecule has 40 heavy (non-hydrogen) atoms. The highest BCUT2D eigenvalue weighted by atomic mass is 15.1.